The average Bonchev–Trinajstić information content (AvgIpc) is 1.68. The molecule has 1 heterocycles. The summed E-state index contributed by atoms with van der Waals surface area (Å²) in [6, 6.07) is 58.0. The molecule has 9 rings (SSSR count). The van der Waals surface area contributed by atoms with E-state index in [0.717, 1.165) is 68.7 Å². The Morgan fingerprint density at radius 3 is 1.20 bits per heavy atom. The van der Waals surface area contributed by atoms with Gasteiger partial charge < -0.3 is 57.6 Å². The molecule has 8 aromatic carbocycles. The second-order valence-electron chi connectivity index (χ2n) is 20.5. The van der Waals surface area contributed by atoms with Gasteiger partial charge in [-0.3, -0.25) is 0 Å². The van der Waals surface area contributed by atoms with Crippen LogP contribution in [0.25, 0.3) is 0 Å². The van der Waals surface area contributed by atoms with Crippen molar-refractivity contribution in [2.75, 3.05) is 70.6 Å². The molecule has 2 N–H and O–H groups in total. The molecule has 87 heavy (non-hydrogen) atoms. The molecule has 1 aliphatic heterocycles. The Labute approximate surface area is 519 Å². The second kappa shape index (κ2) is 35.8. The molecule has 0 amide bonds. The topological polar surface area (TPSA) is 150 Å². The molecule has 462 valence electrons. The number of benzene rings is 8. The van der Waals surface area contributed by atoms with Gasteiger partial charge in [0.1, 0.15) is 57.8 Å². The molecule has 0 aliphatic carbocycles. The Morgan fingerprint density at radius 1 is 0.471 bits per heavy atom. The predicted octanol–water partition coefficient (Wildman–Crippen LogP) is 16.2. The van der Waals surface area contributed by atoms with E-state index >= 15 is 0 Å². The van der Waals surface area contributed by atoms with Gasteiger partial charge in [0.2, 0.25) is 0 Å². The van der Waals surface area contributed by atoms with Crippen molar-refractivity contribution >= 4 is 17.7 Å². The first kappa shape index (κ1) is 69.2. The number of aliphatic hydroxyl groups is 2. The molecule has 0 aromatic heterocycles. The van der Waals surface area contributed by atoms with Gasteiger partial charge in [0.05, 0.1) is 76.7 Å². The Kier molecular flexibility index (Phi) is 28.5. The lowest BCUT2D eigenvalue weighted by atomic mass is 9.85. The van der Waals surface area contributed by atoms with E-state index in [2.05, 4.69) is 99.3 Å². The molecule has 0 fully saturated rings. The number of carbonyl (C=O) groups excluding carboxylic acids is 1. The highest BCUT2D eigenvalue weighted by molar-refractivity contribution is 7.99. The number of hydrogen-bond acceptors (Lipinski definition) is 14. The lowest BCUT2D eigenvalue weighted by Crippen LogP contribution is -2.11. The molecule has 0 radical (unpaired) electrons. The largest absolute Gasteiger partial charge is 0.497 e. The average molecular weight is 1200 g/mol. The van der Waals surface area contributed by atoms with E-state index in [-0.39, 0.29) is 11.9 Å². The van der Waals surface area contributed by atoms with E-state index in [1.54, 1.807) is 77.8 Å². The number of hydrogen-bond donors (Lipinski definition) is 2. The lowest BCUT2D eigenvalue weighted by Gasteiger charge is -2.28. The number of methoxy groups -OCH3 is 9. The first-order chi connectivity index (χ1) is 42.0. The van der Waals surface area contributed by atoms with Crippen molar-refractivity contribution in [1.82, 2.24) is 0 Å². The van der Waals surface area contributed by atoms with Gasteiger partial charge in [-0.2, -0.15) is 0 Å². The predicted molar refractivity (Wildman–Crippen MR) is 348 cm³/mol. The summed E-state index contributed by atoms with van der Waals surface area (Å²) in [6.07, 6.45) is 0.677. The van der Waals surface area contributed by atoms with Crippen molar-refractivity contribution in [2.24, 2.45) is 0 Å². The summed E-state index contributed by atoms with van der Waals surface area (Å²) in [5.41, 5.74) is 9.30. The molecule has 13 nitrogen and oxygen atoms in total. The van der Waals surface area contributed by atoms with Crippen LogP contribution < -0.4 is 42.6 Å². The minimum atomic E-state index is -0.637. The lowest BCUT2D eigenvalue weighted by molar-refractivity contribution is -0.139. The van der Waals surface area contributed by atoms with Crippen LogP contribution in [-0.4, -0.2) is 86.8 Å². The zero-order chi connectivity index (χ0) is 63.4. The van der Waals surface area contributed by atoms with Gasteiger partial charge >= 0.3 is 5.97 Å². The molecule has 0 spiro atoms. The van der Waals surface area contributed by atoms with Crippen LogP contribution in [0.15, 0.2) is 198 Å². The standard InChI is InChI=1S/C20H16S.C17H24O5.C15H16O3.C12H18O3.C9H12O2/c1-2-8-15(9-3-1)14-18-16-10-4-6-12-19(16)21-20-13-7-5-11-17(18)20;1-11(2)17(18)22-8-7-12(3)16-14(20-5)9-13(19-4)10-15(16)21-6;1-17-13-7-3-11(4-8-13)15(16)12-5-9-14(18-2)10-6-12;1-8(2)12-10(14-4)6-9(13-3)7-11(12)15-5;1-7(10)8-3-5-9(11-2)6-4-8/h1-13,18H,14H2;9-10,12H,1,7-8H2,2-6H3;3-10,15-16H,1-2H3;6-8H,1-5H3;3-7,10H,1-2H3. The summed E-state index contributed by atoms with van der Waals surface area (Å²) >= 11 is 1.90. The van der Waals surface area contributed by atoms with Crippen LogP contribution in [0.4, 0.5) is 0 Å². The van der Waals surface area contributed by atoms with Crippen molar-refractivity contribution in [3.05, 3.63) is 233 Å². The SMILES string of the molecule is C=C(C)C(=O)OCCC(C)c1c(OC)cc(OC)cc1OC.COc1cc(OC)c(C(C)C)c(OC)c1.COc1ccc(C(C)O)cc1.COc1ccc(C(O)c2ccc(OC)cc2)cc1.c1ccc(CC2c3ccccc3Sc3ccccc32)cc1. The van der Waals surface area contributed by atoms with Crippen molar-refractivity contribution in [3.8, 4) is 51.7 Å². The third-order valence-electron chi connectivity index (χ3n) is 14.3. The highest BCUT2D eigenvalue weighted by Crippen LogP contribution is 2.47. The highest BCUT2D eigenvalue weighted by Gasteiger charge is 2.26. The Bertz CT molecular complexity index is 3200. The molecule has 0 bridgehead atoms. The highest BCUT2D eigenvalue weighted by atomic mass is 32.2. The molecule has 8 aromatic rings. The van der Waals surface area contributed by atoms with Gasteiger partial charge in [0.25, 0.3) is 0 Å². The van der Waals surface area contributed by atoms with Crippen LogP contribution in [0.1, 0.15) is 116 Å². The molecule has 14 heteroatoms. The Balaban J connectivity index is 0.000000202. The Hall–Kier alpha value is -8.56. The second-order valence-corrected chi connectivity index (χ2v) is 21.6. The van der Waals surface area contributed by atoms with Gasteiger partial charge in [-0.1, -0.05) is 142 Å². The first-order valence-electron chi connectivity index (χ1n) is 28.6. The van der Waals surface area contributed by atoms with Gasteiger partial charge in [-0.25, -0.2) is 4.79 Å². The fourth-order valence-electron chi connectivity index (χ4n) is 9.44. The molecule has 2 atom stereocenters. The molecular formula is C73H86O13S. The van der Waals surface area contributed by atoms with Gasteiger partial charge in [0.15, 0.2) is 0 Å². The van der Waals surface area contributed by atoms with Crippen LogP contribution in [0, 0.1) is 0 Å². The summed E-state index contributed by atoms with van der Waals surface area (Å²) in [5, 5.41) is 19.4. The van der Waals surface area contributed by atoms with Crippen molar-refractivity contribution in [1.29, 1.82) is 0 Å². The fraction of sp³-hybridized carbons (Fsp3) is 0.301. The van der Waals surface area contributed by atoms with E-state index < -0.39 is 12.2 Å². The first-order valence-corrected chi connectivity index (χ1v) is 29.4. The fourth-order valence-corrected chi connectivity index (χ4v) is 10.6. The Morgan fingerprint density at radius 2 is 0.839 bits per heavy atom. The molecule has 1 aliphatic rings. The molecule has 0 saturated carbocycles. The van der Waals surface area contributed by atoms with E-state index in [1.807, 2.05) is 116 Å². The van der Waals surface area contributed by atoms with Crippen LogP contribution >= 0.6 is 11.8 Å². The van der Waals surface area contributed by atoms with E-state index in [1.165, 1.54) is 26.5 Å². The normalized spacial score (nSPS) is 11.7. The number of carbonyl (C=O) groups is 1. The molecule has 2 unspecified atom stereocenters. The summed E-state index contributed by atoms with van der Waals surface area (Å²) < 4.78 is 52.2. The van der Waals surface area contributed by atoms with Crippen LogP contribution in [0.2, 0.25) is 0 Å². The maximum absolute atomic E-state index is 11.4. The van der Waals surface area contributed by atoms with Gasteiger partial charge in [0, 0.05) is 56.7 Å². The zero-order valence-electron chi connectivity index (χ0n) is 52.8. The summed E-state index contributed by atoms with van der Waals surface area (Å²) in [7, 11) is 14.6. The van der Waals surface area contributed by atoms with Crippen molar-refractivity contribution in [2.45, 2.75) is 87.2 Å². The monoisotopic (exact) mass is 1200 g/mol. The third-order valence-corrected chi connectivity index (χ3v) is 15.4. The minimum absolute atomic E-state index is 0.0914. The number of rotatable bonds is 20. The third kappa shape index (κ3) is 20.3. The minimum Gasteiger partial charge on any atom is -0.497 e. The summed E-state index contributed by atoms with van der Waals surface area (Å²) in [4.78, 5) is 14.2. The molecular weight excluding hydrogens is 1120 g/mol. The van der Waals surface area contributed by atoms with Crippen molar-refractivity contribution in [3.63, 3.8) is 0 Å². The molecule has 0 saturated heterocycles. The zero-order valence-corrected chi connectivity index (χ0v) is 53.6. The van der Waals surface area contributed by atoms with Crippen LogP contribution in [-0.2, 0) is 16.0 Å². The van der Waals surface area contributed by atoms with E-state index in [9.17, 15) is 9.90 Å². The number of ether oxygens (including phenoxy) is 10. The van der Waals surface area contributed by atoms with E-state index in [4.69, 9.17) is 52.5 Å². The quantitative estimate of drug-likeness (QED) is 0.0550. The number of fused-ring (bicyclic) bond motifs is 2. The number of esters is 1. The summed E-state index contributed by atoms with van der Waals surface area (Å²) in [6.45, 7) is 13.5. The van der Waals surface area contributed by atoms with Crippen LogP contribution in [0.5, 0.6) is 51.7 Å². The van der Waals surface area contributed by atoms with Crippen molar-refractivity contribution < 1.29 is 62.4 Å². The van der Waals surface area contributed by atoms with E-state index in [0.29, 0.717) is 47.7 Å². The van der Waals surface area contributed by atoms with Gasteiger partial charge in [-0.15, -0.1) is 0 Å². The summed E-state index contributed by atoms with van der Waals surface area (Å²) in [5.74, 6) is 7.30. The smallest absolute Gasteiger partial charge is 0.333 e. The maximum Gasteiger partial charge on any atom is 0.333 e. The maximum atomic E-state index is 11.4. The van der Waals surface area contributed by atoms with Gasteiger partial charge in [-0.05, 0) is 120 Å². The van der Waals surface area contributed by atoms with Crippen LogP contribution in [0.3, 0.4) is 0 Å². The number of aliphatic hydroxyl groups excluding tert-OH is 2.